The average Bonchev–Trinajstić information content (AvgIpc) is 2.95. The van der Waals surface area contributed by atoms with Crippen LogP contribution in [0.25, 0.3) is 0 Å². The number of nitrogens with zero attached hydrogens (tertiary/aromatic N) is 1. The molecule has 1 aliphatic rings. The van der Waals surface area contributed by atoms with Gasteiger partial charge in [0.1, 0.15) is 12.3 Å². The van der Waals surface area contributed by atoms with Crippen LogP contribution in [0, 0.1) is 0 Å². The second kappa shape index (κ2) is 8.15. The fourth-order valence-electron chi connectivity index (χ4n) is 3.12. The number of rotatable bonds is 7. The molecule has 1 heterocycles. The van der Waals surface area contributed by atoms with E-state index in [0.29, 0.717) is 17.7 Å². The number of aryl methyl sites for hydroxylation is 1. The van der Waals surface area contributed by atoms with Gasteiger partial charge in [-0.15, -0.1) is 0 Å². The van der Waals surface area contributed by atoms with Gasteiger partial charge in [-0.05, 0) is 54.7 Å². The molecule has 0 spiro atoms. The van der Waals surface area contributed by atoms with Gasteiger partial charge >= 0.3 is 10.2 Å². The number of phenolic OH excluding ortho intramolecular Hbond substituents is 1. The van der Waals surface area contributed by atoms with Crippen molar-refractivity contribution in [1.29, 1.82) is 0 Å². The fraction of sp³-hybridized carbons (Fsp3) is 0.316. The Hall–Kier alpha value is -2.79. The van der Waals surface area contributed by atoms with Gasteiger partial charge in [-0.1, -0.05) is 25.1 Å². The largest absolute Gasteiger partial charge is 0.506 e. The zero-order valence-corrected chi connectivity index (χ0v) is 18.2. The summed E-state index contributed by atoms with van der Waals surface area (Å²) in [6.07, 6.45) is 1.08. The Kier molecular flexibility index (Phi) is 5.95. The first-order valence-corrected chi connectivity index (χ1v) is 12.4. The number of nitrogens with one attached hydrogen (secondary N) is 2. The quantitative estimate of drug-likeness (QED) is 0.582. The van der Waals surface area contributed by atoms with Gasteiger partial charge in [0.05, 0.1) is 17.1 Å². The van der Waals surface area contributed by atoms with Crippen molar-refractivity contribution in [2.45, 2.75) is 26.7 Å². The summed E-state index contributed by atoms with van der Waals surface area (Å²) in [6.45, 7) is 3.13. The lowest BCUT2D eigenvalue weighted by atomic mass is 9.99. The van der Waals surface area contributed by atoms with E-state index in [1.807, 2.05) is 23.8 Å². The molecular formula is C19H23N3O6S2. The van der Waals surface area contributed by atoms with Crippen LogP contribution in [0.3, 0.4) is 0 Å². The molecule has 0 aliphatic carbocycles. The van der Waals surface area contributed by atoms with E-state index >= 15 is 0 Å². The summed E-state index contributed by atoms with van der Waals surface area (Å²) in [6, 6.07) is 9.91. The van der Waals surface area contributed by atoms with Gasteiger partial charge in [-0.2, -0.15) is 8.42 Å². The highest BCUT2D eigenvalue weighted by atomic mass is 32.2. The first kappa shape index (κ1) is 21.9. The van der Waals surface area contributed by atoms with Crippen molar-refractivity contribution >= 4 is 37.5 Å². The molecule has 0 atom stereocenters. The summed E-state index contributed by atoms with van der Waals surface area (Å²) >= 11 is 0. The van der Waals surface area contributed by atoms with Crippen molar-refractivity contribution in [2.24, 2.45) is 0 Å². The van der Waals surface area contributed by atoms with Crippen molar-refractivity contribution in [3.63, 3.8) is 0 Å². The second-order valence-electron chi connectivity index (χ2n) is 6.89. The summed E-state index contributed by atoms with van der Waals surface area (Å²) in [5.41, 5.74) is 2.85. The molecule has 3 N–H and O–H groups in total. The molecule has 1 aliphatic heterocycles. The highest BCUT2D eigenvalue weighted by Gasteiger charge is 2.35. The van der Waals surface area contributed by atoms with Gasteiger partial charge in [-0.3, -0.25) is 9.52 Å². The maximum absolute atomic E-state index is 12.0. The molecule has 0 saturated carbocycles. The van der Waals surface area contributed by atoms with E-state index in [1.165, 1.54) is 12.1 Å². The van der Waals surface area contributed by atoms with Crippen molar-refractivity contribution in [1.82, 2.24) is 4.72 Å². The molecule has 0 unspecified atom stereocenters. The molecule has 0 bridgehead atoms. The lowest BCUT2D eigenvalue weighted by Crippen LogP contribution is -2.29. The molecule has 0 aromatic heterocycles. The van der Waals surface area contributed by atoms with Crippen LogP contribution in [0.5, 0.6) is 5.75 Å². The standard InChI is InChI=1S/C19H23N3O6S2/c1-3-13-5-7-16(20-29(25,26)4-2)15(9-13)10-14-6-8-17(18(23)11-14)22-12-19(24)21-30(22,27)28/h5-9,11,20,23H,3-4,10,12H2,1-2H3,(H,21,24). The molecule has 0 radical (unpaired) electrons. The number of amides is 1. The molecule has 9 nitrogen and oxygen atoms in total. The van der Waals surface area contributed by atoms with Gasteiger partial charge in [-0.25, -0.2) is 17.4 Å². The van der Waals surface area contributed by atoms with Crippen LogP contribution < -0.4 is 13.7 Å². The Labute approximate surface area is 176 Å². The molecule has 1 fully saturated rings. The maximum atomic E-state index is 12.0. The lowest BCUT2D eigenvalue weighted by Gasteiger charge is -2.17. The number of phenols is 1. The summed E-state index contributed by atoms with van der Waals surface area (Å²) in [4.78, 5) is 11.4. The Bertz CT molecular complexity index is 1190. The number of hydrogen-bond donors (Lipinski definition) is 3. The number of hydrogen-bond acceptors (Lipinski definition) is 6. The van der Waals surface area contributed by atoms with Crippen molar-refractivity contribution < 1.29 is 26.7 Å². The van der Waals surface area contributed by atoms with Crippen LogP contribution in [0.4, 0.5) is 11.4 Å². The van der Waals surface area contributed by atoms with Crippen LogP contribution in [0.15, 0.2) is 36.4 Å². The third-order valence-electron chi connectivity index (χ3n) is 4.75. The van der Waals surface area contributed by atoms with Crippen molar-refractivity contribution in [2.75, 3.05) is 21.3 Å². The van der Waals surface area contributed by atoms with E-state index in [0.717, 1.165) is 21.9 Å². The maximum Gasteiger partial charge on any atom is 0.326 e. The zero-order chi connectivity index (χ0) is 22.1. The van der Waals surface area contributed by atoms with Crippen LogP contribution in [-0.2, 0) is 37.9 Å². The predicted octanol–water partition coefficient (Wildman–Crippen LogP) is 1.49. The summed E-state index contributed by atoms with van der Waals surface area (Å²) < 4.78 is 53.2. The van der Waals surface area contributed by atoms with Crippen LogP contribution in [0.1, 0.15) is 30.5 Å². The number of anilines is 2. The molecule has 1 amide bonds. The number of sulfonamides is 1. The van der Waals surface area contributed by atoms with Gasteiger partial charge in [0, 0.05) is 0 Å². The number of carbonyl (C=O) groups is 1. The van der Waals surface area contributed by atoms with Crippen LogP contribution >= 0.6 is 0 Å². The molecule has 30 heavy (non-hydrogen) atoms. The van der Waals surface area contributed by atoms with Crippen LogP contribution in [-0.4, -0.2) is 40.1 Å². The molecule has 2 aromatic carbocycles. The predicted molar refractivity (Wildman–Crippen MR) is 114 cm³/mol. The van der Waals surface area contributed by atoms with E-state index < -0.39 is 32.7 Å². The van der Waals surface area contributed by atoms with Crippen molar-refractivity contribution in [3.8, 4) is 5.75 Å². The number of aromatic hydroxyl groups is 1. The molecular weight excluding hydrogens is 430 g/mol. The highest BCUT2D eigenvalue weighted by Crippen LogP contribution is 2.33. The first-order valence-electron chi connectivity index (χ1n) is 9.32. The Morgan fingerprint density at radius 3 is 2.40 bits per heavy atom. The monoisotopic (exact) mass is 453 g/mol. The number of benzene rings is 2. The molecule has 1 saturated heterocycles. The van der Waals surface area contributed by atoms with Gasteiger partial charge < -0.3 is 5.11 Å². The summed E-state index contributed by atoms with van der Waals surface area (Å²) in [7, 11) is -7.49. The second-order valence-corrected chi connectivity index (χ2v) is 10.5. The molecule has 162 valence electrons. The Balaban J connectivity index is 1.93. The average molecular weight is 454 g/mol. The molecule has 11 heteroatoms. The number of carbonyl (C=O) groups excluding carboxylic acids is 1. The van der Waals surface area contributed by atoms with Crippen molar-refractivity contribution in [3.05, 3.63) is 53.1 Å². The summed E-state index contributed by atoms with van der Waals surface area (Å²) in [5, 5.41) is 10.4. The van der Waals surface area contributed by atoms with Crippen LogP contribution in [0.2, 0.25) is 0 Å². The van der Waals surface area contributed by atoms with E-state index in [1.54, 1.807) is 19.1 Å². The minimum Gasteiger partial charge on any atom is -0.506 e. The smallest absolute Gasteiger partial charge is 0.326 e. The SMILES string of the molecule is CCc1ccc(NS(=O)(=O)CC)c(Cc2ccc(N3CC(=O)NS3(=O)=O)c(O)c2)c1. The minimum absolute atomic E-state index is 0.00804. The van der Waals surface area contributed by atoms with Gasteiger partial charge in [0.15, 0.2) is 0 Å². The van der Waals surface area contributed by atoms with E-state index in [-0.39, 0.29) is 17.2 Å². The Morgan fingerprint density at radius 2 is 1.83 bits per heavy atom. The third-order valence-corrected chi connectivity index (χ3v) is 7.43. The Morgan fingerprint density at radius 1 is 1.13 bits per heavy atom. The minimum atomic E-state index is -4.03. The highest BCUT2D eigenvalue weighted by molar-refractivity contribution is 7.92. The normalized spacial score (nSPS) is 15.8. The lowest BCUT2D eigenvalue weighted by molar-refractivity contribution is -0.117. The van der Waals surface area contributed by atoms with Gasteiger partial charge in [0.25, 0.3) is 5.91 Å². The fourth-order valence-corrected chi connectivity index (χ4v) is 4.97. The van der Waals surface area contributed by atoms with E-state index in [9.17, 15) is 26.7 Å². The topological polar surface area (TPSA) is 133 Å². The van der Waals surface area contributed by atoms with E-state index in [2.05, 4.69) is 4.72 Å². The third kappa shape index (κ3) is 4.68. The summed E-state index contributed by atoms with van der Waals surface area (Å²) in [5.74, 6) is -1.04. The first-order chi connectivity index (χ1) is 14.0. The zero-order valence-electron chi connectivity index (χ0n) is 16.5. The molecule has 2 aromatic rings. The molecule has 3 rings (SSSR count). The van der Waals surface area contributed by atoms with E-state index in [4.69, 9.17) is 0 Å². The van der Waals surface area contributed by atoms with Gasteiger partial charge in [0.2, 0.25) is 10.0 Å².